The van der Waals surface area contributed by atoms with Crippen molar-refractivity contribution in [1.29, 1.82) is 0 Å². The van der Waals surface area contributed by atoms with Crippen molar-refractivity contribution in [2.75, 3.05) is 18.2 Å². The van der Waals surface area contributed by atoms with Crippen LogP contribution in [0.3, 0.4) is 0 Å². The van der Waals surface area contributed by atoms with Crippen molar-refractivity contribution in [1.82, 2.24) is 4.98 Å². The van der Waals surface area contributed by atoms with Crippen LogP contribution in [0.2, 0.25) is 0 Å². The van der Waals surface area contributed by atoms with Gasteiger partial charge in [0.15, 0.2) is 5.58 Å². The third-order valence-electron chi connectivity index (χ3n) is 3.05. The number of rotatable bonds is 3. The fourth-order valence-corrected chi connectivity index (χ4v) is 2.06. The van der Waals surface area contributed by atoms with Gasteiger partial charge in [-0.1, -0.05) is 12.1 Å². The largest absolute Gasteiger partial charge is 0.495 e. The number of benzene rings is 2. The molecule has 2 aromatic carbocycles. The summed E-state index contributed by atoms with van der Waals surface area (Å²) in [6.07, 6.45) is 0. The zero-order chi connectivity index (χ0) is 14.1. The van der Waals surface area contributed by atoms with Gasteiger partial charge in [0, 0.05) is 0 Å². The second-order valence-electron chi connectivity index (χ2n) is 4.54. The molecule has 5 nitrogen and oxygen atoms in total. The molecule has 0 unspecified atom stereocenters. The Balaban J connectivity index is 2.01. The minimum atomic E-state index is 0.391. The van der Waals surface area contributed by atoms with E-state index in [0.29, 0.717) is 22.8 Å². The summed E-state index contributed by atoms with van der Waals surface area (Å²) in [7, 11) is 1.62. The van der Waals surface area contributed by atoms with Gasteiger partial charge in [0.25, 0.3) is 6.01 Å². The molecular weight excluding hydrogens is 254 g/mol. The molecule has 0 saturated heterocycles. The number of nitrogens with two attached hydrogens (primary N) is 1. The van der Waals surface area contributed by atoms with Crippen molar-refractivity contribution in [3.63, 3.8) is 0 Å². The summed E-state index contributed by atoms with van der Waals surface area (Å²) >= 11 is 0. The Labute approximate surface area is 116 Å². The summed E-state index contributed by atoms with van der Waals surface area (Å²) in [6, 6.07) is 11.7. The molecule has 0 saturated carbocycles. The van der Waals surface area contributed by atoms with Crippen molar-refractivity contribution < 1.29 is 9.15 Å². The monoisotopic (exact) mass is 269 g/mol. The fraction of sp³-hybridized carbons (Fsp3) is 0.133. The number of oxazole rings is 1. The number of methoxy groups -OCH3 is 1. The highest BCUT2D eigenvalue weighted by molar-refractivity contribution is 5.86. The van der Waals surface area contributed by atoms with E-state index >= 15 is 0 Å². The van der Waals surface area contributed by atoms with E-state index in [1.165, 1.54) is 0 Å². The van der Waals surface area contributed by atoms with Gasteiger partial charge in [-0.15, -0.1) is 0 Å². The van der Waals surface area contributed by atoms with Crippen molar-refractivity contribution in [2.45, 2.75) is 6.92 Å². The third kappa shape index (κ3) is 2.14. The Morgan fingerprint density at radius 3 is 2.85 bits per heavy atom. The van der Waals surface area contributed by atoms with E-state index in [9.17, 15) is 0 Å². The molecule has 3 rings (SSSR count). The molecule has 0 bridgehead atoms. The van der Waals surface area contributed by atoms with Gasteiger partial charge in [-0.2, -0.15) is 4.98 Å². The maximum atomic E-state index is 5.87. The van der Waals surface area contributed by atoms with Gasteiger partial charge in [-0.3, -0.25) is 0 Å². The van der Waals surface area contributed by atoms with Crippen LogP contribution < -0.4 is 15.8 Å². The van der Waals surface area contributed by atoms with Crippen LogP contribution in [-0.2, 0) is 0 Å². The SMILES string of the molecule is COc1ccc(C)cc1Nc1nc2c(N)cccc2o1. The first-order valence-corrected chi connectivity index (χ1v) is 6.24. The van der Waals surface area contributed by atoms with Gasteiger partial charge in [0.2, 0.25) is 0 Å². The van der Waals surface area contributed by atoms with Crippen molar-refractivity contribution in [2.24, 2.45) is 0 Å². The van der Waals surface area contributed by atoms with E-state index in [0.717, 1.165) is 17.0 Å². The number of hydrogen-bond acceptors (Lipinski definition) is 5. The van der Waals surface area contributed by atoms with Crippen LogP contribution in [0.5, 0.6) is 5.75 Å². The van der Waals surface area contributed by atoms with Gasteiger partial charge < -0.3 is 20.2 Å². The molecule has 0 atom stereocenters. The Morgan fingerprint density at radius 2 is 2.10 bits per heavy atom. The van der Waals surface area contributed by atoms with Gasteiger partial charge in [0.05, 0.1) is 18.5 Å². The molecule has 3 aromatic rings. The zero-order valence-electron chi connectivity index (χ0n) is 11.3. The quantitative estimate of drug-likeness (QED) is 0.712. The number of aryl methyl sites for hydroxylation is 1. The lowest BCUT2D eigenvalue weighted by molar-refractivity contribution is 0.416. The van der Waals surface area contributed by atoms with E-state index in [4.69, 9.17) is 14.9 Å². The molecule has 0 spiro atoms. The molecule has 102 valence electrons. The van der Waals surface area contributed by atoms with Crippen molar-refractivity contribution in [3.05, 3.63) is 42.0 Å². The van der Waals surface area contributed by atoms with E-state index < -0.39 is 0 Å². The molecule has 20 heavy (non-hydrogen) atoms. The zero-order valence-corrected chi connectivity index (χ0v) is 11.3. The fourth-order valence-electron chi connectivity index (χ4n) is 2.06. The van der Waals surface area contributed by atoms with Crippen LogP contribution in [-0.4, -0.2) is 12.1 Å². The summed E-state index contributed by atoms with van der Waals surface area (Å²) in [4.78, 5) is 4.35. The normalized spacial score (nSPS) is 10.7. The first-order valence-electron chi connectivity index (χ1n) is 6.24. The second-order valence-corrected chi connectivity index (χ2v) is 4.54. The van der Waals surface area contributed by atoms with Crippen molar-refractivity contribution >= 4 is 28.5 Å². The minimum absolute atomic E-state index is 0.391. The molecule has 0 amide bonds. The maximum absolute atomic E-state index is 5.87. The predicted octanol–water partition coefficient (Wildman–Crippen LogP) is 3.47. The molecule has 1 heterocycles. The Morgan fingerprint density at radius 1 is 1.25 bits per heavy atom. The van der Waals surface area contributed by atoms with Crippen LogP contribution in [0, 0.1) is 6.92 Å². The Kier molecular flexibility index (Phi) is 2.95. The summed E-state index contributed by atoms with van der Waals surface area (Å²) in [5.74, 6) is 0.728. The number of ether oxygens (including phenoxy) is 1. The van der Waals surface area contributed by atoms with Gasteiger partial charge >= 0.3 is 0 Å². The Bertz CT molecular complexity index is 765. The predicted molar refractivity (Wildman–Crippen MR) is 79.4 cm³/mol. The number of nitrogens with zero attached hydrogens (tertiary/aromatic N) is 1. The molecule has 3 N–H and O–H groups in total. The third-order valence-corrected chi connectivity index (χ3v) is 3.05. The van der Waals surface area contributed by atoms with Crippen LogP contribution in [0.4, 0.5) is 17.4 Å². The number of aromatic nitrogens is 1. The molecule has 0 radical (unpaired) electrons. The van der Waals surface area contributed by atoms with Crippen molar-refractivity contribution in [3.8, 4) is 5.75 Å². The standard InChI is InChI=1S/C15H15N3O2/c1-9-6-7-12(19-2)11(8-9)17-15-18-14-10(16)4-3-5-13(14)20-15/h3-8H,16H2,1-2H3,(H,17,18). The molecule has 0 aliphatic heterocycles. The molecule has 5 heteroatoms. The lowest BCUT2D eigenvalue weighted by atomic mass is 10.2. The molecule has 0 aliphatic carbocycles. The summed E-state index contributed by atoms with van der Waals surface area (Å²) in [6.45, 7) is 2.01. The van der Waals surface area contributed by atoms with Gasteiger partial charge in [-0.05, 0) is 36.8 Å². The van der Waals surface area contributed by atoms with E-state index in [1.807, 2.05) is 37.3 Å². The molecule has 1 aromatic heterocycles. The second kappa shape index (κ2) is 4.77. The summed E-state index contributed by atoms with van der Waals surface area (Å²) in [5, 5.41) is 3.12. The number of para-hydroxylation sites is 1. The first-order chi connectivity index (χ1) is 9.67. The number of anilines is 3. The number of nitrogen functional groups attached to an aromatic ring is 1. The molecule has 0 fully saturated rings. The smallest absolute Gasteiger partial charge is 0.300 e. The van der Waals surface area contributed by atoms with Gasteiger partial charge in [-0.25, -0.2) is 0 Å². The minimum Gasteiger partial charge on any atom is -0.495 e. The highest BCUT2D eigenvalue weighted by Gasteiger charge is 2.10. The van der Waals surface area contributed by atoms with E-state index in [2.05, 4.69) is 10.3 Å². The van der Waals surface area contributed by atoms with E-state index in [1.54, 1.807) is 13.2 Å². The lowest BCUT2D eigenvalue weighted by Crippen LogP contribution is -1.95. The lowest BCUT2D eigenvalue weighted by Gasteiger charge is -2.08. The highest BCUT2D eigenvalue weighted by Crippen LogP contribution is 2.30. The maximum Gasteiger partial charge on any atom is 0.300 e. The highest BCUT2D eigenvalue weighted by atomic mass is 16.5. The molecule has 0 aliphatic rings. The number of hydrogen-bond donors (Lipinski definition) is 2. The average Bonchev–Trinajstić information content (AvgIpc) is 2.83. The van der Waals surface area contributed by atoms with Crippen LogP contribution in [0.25, 0.3) is 11.1 Å². The Hall–Kier alpha value is -2.69. The van der Waals surface area contributed by atoms with Crippen LogP contribution in [0.15, 0.2) is 40.8 Å². The summed E-state index contributed by atoms with van der Waals surface area (Å²) in [5.41, 5.74) is 9.69. The van der Waals surface area contributed by atoms with Crippen LogP contribution in [0.1, 0.15) is 5.56 Å². The first kappa shape index (κ1) is 12.3. The number of nitrogens with one attached hydrogen (secondary N) is 1. The van der Waals surface area contributed by atoms with Gasteiger partial charge in [0.1, 0.15) is 11.3 Å². The molecular formula is C15H15N3O2. The van der Waals surface area contributed by atoms with E-state index in [-0.39, 0.29) is 0 Å². The summed E-state index contributed by atoms with van der Waals surface area (Å²) < 4.78 is 10.9. The average molecular weight is 269 g/mol. The topological polar surface area (TPSA) is 73.3 Å². The van der Waals surface area contributed by atoms with Crippen LogP contribution >= 0.6 is 0 Å². The number of fused-ring (bicyclic) bond motifs is 1.